The number of fused-ring (bicyclic) bond motifs is 2. The normalized spacial score (nSPS) is 18.5. The standard InChI is InChI=1S/C25H23N3O4S/c1-2-6-21-18(4-1)13-23(32-21)20-16-33-25(26-15-19-5-3-9-29-19)28(20)27-14-17-7-8-22-24(12-17)31-11-10-30-22/h1-2,4,6-8,12-14,16,19H,3,5,9-11,15H2/b26-25?,27-14+. The van der Waals surface area contributed by atoms with E-state index in [0.29, 0.717) is 19.8 Å². The van der Waals surface area contributed by atoms with Crippen LogP contribution in [0.5, 0.6) is 11.5 Å². The van der Waals surface area contributed by atoms with Crippen LogP contribution in [0.4, 0.5) is 0 Å². The van der Waals surface area contributed by atoms with Crippen LogP contribution in [0, 0.1) is 0 Å². The van der Waals surface area contributed by atoms with Crippen LogP contribution in [0.25, 0.3) is 22.4 Å². The van der Waals surface area contributed by atoms with E-state index in [2.05, 4.69) is 0 Å². The van der Waals surface area contributed by atoms with Crippen LogP contribution >= 0.6 is 11.3 Å². The highest BCUT2D eigenvalue weighted by Crippen LogP contribution is 2.31. The molecule has 7 nitrogen and oxygen atoms in total. The van der Waals surface area contributed by atoms with E-state index in [1.165, 1.54) is 0 Å². The van der Waals surface area contributed by atoms with Crippen LogP contribution in [0.15, 0.2) is 68.4 Å². The number of nitrogens with zero attached hydrogens (tertiary/aromatic N) is 3. The first-order valence-electron chi connectivity index (χ1n) is 11.1. The highest BCUT2D eigenvalue weighted by atomic mass is 32.1. The first-order valence-corrected chi connectivity index (χ1v) is 12.0. The molecule has 8 heteroatoms. The van der Waals surface area contributed by atoms with Gasteiger partial charge in [-0.05, 0) is 48.7 Å². The minimum atomic E-state index is 0.178. The number of hydrogen-bond donors (Lipinski definition) is 0. The fraction of sp³-hybridized carbons (Fsp3) is 0.280. The Hall–Kier alpha value is -3.36. The van der Waals surface area contributed by atoms with Gasteiger partial charge in [0, 0.05) is 17.4 Å². The molecule has 0 N–H and O–H groups in total. The van der Waals surface area contributed by atoms with Crippen molar-refractivity contribution in [3.8, 4) is 23.0 Å². The van der Waals surface area contributed by atoms with Gasteiger partial charge < -0.3 is 18.6 Å². The second-order valence-electron chi connectivity index (χ2n) is 7.99. The van der Waals surface area contributed by atoms with Crippen LogP contribution in [0.3, 0.4) is 0 Å². The average molecular weight is 462 g/mol. The van der Waals surface area contributed by atoms with Crippen molar-refractivity contribution in [1.82, 2.24) is 4.68 Å². The van der Waals surface area contributed by atoms with Crippen molar-refractivity contribution in [2.24, 2.45) is 10.1 Å². The maximum absolute atomic E-state index is 6.12. The molecule has 2 aromatic carbocycles. The zero-order chi connectivity index (χ0) is 22.0. The van der Waals surface area contributed by atoms with Crippen molar-refractivity contribution in [3.63, 3.8) is 0 Å². The Bertz CT molecular complexity index is 1340. The average Bonchev–Trinajstić information content (AvgIpc) is 3.60. The number of rotatable bonds is 5. The summed E-state index contributed by atoms with van der Waals surface area (Å²) in [6.07, 6.45) is 4.13. The molecule has 1 unspecified atom stereocenters. The molecule has 1 saturated heterocycles. The molecule has 2 aromatic heterocycles. The van der Waals surface area contributed by atoms with E-state index in [-0.39, 0.29) is 6.10 Å². The fourth-order valence-corrected chi connectivity index (χ4v) is 4.86. The van der Waals surface area contributed by atoms with Crippen LogP contribution in [0.1, 0.15) is 18.4 Å². The predicted molar refractivity (Wildman–Crippen MR) is 127 cm³/mol. The lowest BCUT2D eigenvalue weighted by molar-refractivity contribution is 0.117. The molecule has 2 aliphatic rings. The highest BCUT2D eigenvalue weighted by Gasteiger charge is 2.17. The number of hydrogen-bond acceptors (Lipinski definition) is 7. The summed E-state index contributed by atoms with van der Waals surface area (Å²) in [5.74, 6) is 2.25. The van der Waals surface area contributed by atoms with E-state index in [0.717, 1.165) is 63.7 Å². The van der Waals surface area contributed by atoms with Crippen LogP contribution in [-0.4, -0.2) is 43.4 Å². The SMILES string of the molecule is C(=N\n1c(-c2cc3ccccc3o2)csc1=NCC1CCCO1)/c1ccc2c(c1)OCCO2. The lowest BCUT2D eigenvalue weighted by Gasteiger charge is -2.18. The van der Waals surface area contributed by atoms with Crippen molar-refractivity contribution in [2.75, 3.05) is 26.4 Å². The van der Waals surface area contributed by atoms with Crippen molar-refractivity contribution in [3.05, 3.63) is 64.3 Å². The van der Waals surface area contributed by atoms with Gasteiger partial charge >= 0.3 is 0 Å². The van der Waals surface area contributed by atoms with Gasteiger partial charge in [0.2, 0.25) is 4.80 Å². The zero-order valence-corrected chi connectivity index (χ0v) is 18.8. The summed E-state index contributed by atoms with van der Waals surface area (Å²) >= 11 is 1.54. The number of aromatic nitrogens is 1. The third kappa shape index (κ3) is 4.19. The molecule has 4 aromatic rings. The Morgan fingerprint density at radius 1 is 1.03 bits per heavy atom. The topological polar surface area (TPSA) is 70.5 Å². The van der Waals surface area contributed by atoms with Crippen molar-refractivity contribution in [2.45, 2.75) is 18.9 Å². The molecule has 1 atom stereocenters. The summed E-state index contributed by atoms with van der Waals surface area (Å²) in [6.45, 7) is 2.56. The summed E-state index contributed by atoms with van der Waals surface area (Å²) < 4.78 is 25.0. The molecule has 168 valence electrons. The van der Waals surface area contributed by atoms with Gasteiger partial charge in [-0.2, -0.15) is 5.10 Å². The highest BCUT2D eigenvalue weighted by molar-refractivity contribution is 7.07. The molecule has 33 heavy (non-hydrogen) atoms. The van der Waals surface area contributed by atoms with Gasteiger partial charge in [-0.15, -0.1) is 11.3 Å². The molecule has 0 radical (unpaired) electrons. The van der Waals surface area contributed by atoms with Gasteiger partial charge in [0.25, 0.3) is 0 Å². The van der Waals surface area contributed by atoms with E-state index < -0.39 is 0 Å². The summed E-state index contributed by atoms with van der Waals surface area (Å²) in [5, 5.41) is 7.88. The Kier molecular flexibility index (Phi) is 5.45. The molecule has 0 aliphatic carbocycles. The molecule has 0 spiro atoms. The Morgan fingerprint density at radius 3 is 2.82 bits per heavy atom. The van der Waals surface area contributed by atoms with Crippen molar-refractivity contribution >= 4 is 28.5 Å². The molecular formula is C25H23N3O4S. The zero-order valence-electron chi connectivity index (χ0n) is 18.0. The predicted octanol–water partition coefficient (Wildman–Crippen LogP) is 4.70. The molecular weight excluding hydrogens is 438 g/mol. The first-order chi connectivity index (χ1) is 16.3. The van der Waals surface area contributed by atoms with Gasteiger partial charge in [-0.3, -0.25) is 4.99 Å². The van der Waals surface area contributed by atoms with Crippen LogP contribution in [-0.2, 0) is 4.74 Å². The Balaban J connectivity index is 1.39. The second kappa shape index (κ2) is 8.88. The minimum Gasteiger partial charge on any atom is -0.486 e. The van der Waals surface area contributed by atoms with Gasteiger partial charge in [-0.25, -0.2) is 4.68 Å². The first kappa shape index (κ1) is 20.3. The van der Waals surface area contributed by atoms with E-state index in [9.17, 15) is 0 Å². The smallest absolute Gasteiger partial charge is 0.206 e. The Labute approximate surface area is 194 Å². The third-order valence-corrected chi connectivity index (χ3v) is 6.56. The third-order valence-electron chi connectivity index (χ3n) is 5.71. The van der Waals surface area contributed by atoms with Crippen molar-refractivity contribution in [1.29, 1.82) is 0 Å². The van der Waals surface area contributed by atoms with E-state index in [1.807, 2.05) is 64.8 Å². The quantitative estimate of drug-likeness (QED) is 0.404. The number of benzene rings is 2. The minimum absolute atomic E-state index is 0.178. The summed E-state index contributed by atoms with van der Waals surface area (Å²) in [6, 6.07) is 15.8. The fourth-order valence-electron chi connectivity index (χ4n) is 4.03. The number of thiazole rings is 1. The number of ether oxygens (including phenoxy) is 3. The Morgan fingerprint density at radius 2 is 1.94 bits per heavy atom. The van der Waals surface area contributed by atoms with E-state index >= 15 is 0 Å². The maximum atomic E-state index is 6.12. The van der Waals surface area contributed by atoms with Gasteiger partial charge in [0.15, 0.2) is 17.3 Å². The molecule has 1 fully saturated rings. The van der Waals surface area contributed by atoms with Gasteiger partial charge in [0.05, 0.1) is 18.9 Å². The van der Waals surface area contributed by atoms with Gasteiger partial charge in [0.1, 0.15) is 24.5 Å². The lowest BCUT2D eigenvalue weighted by Crippen LogP contribution is -2.17. The summed E-state index contributed by atoms with van der Waals surface area (Å²) in [4.78, 5) is 5.63. The molecule has 0 saturated carbocycles. The molecule has 6 rings (SSSR count). The summed E-state index contributed by atoms with van der Waals surface area (Å²) in [7, 11) is 0. The molecule has 4 heterocycles. The monoisotopic (exact) mass is 461 g/mol. The van der Waals surface area contributed by atoms with E-state index in [4.69, 9.17) is 28.7 Å². The molecule has 0 amide bonds. The van der Waals surface area contributed by atoms with Gasteiger partial charge in [-0.1, -0.05) is 18.2 Å². The largest absolute Gasteiger partial charge is 0.486 e. The maximum Gasteiger partial charge on any atom is 0.206 e. The van der Waals surface area contributed by atoms with E-state index in [1.54, 1.807) is 11.3 Å². The van der Waals surface area contributed by atoms with Crippen LogP contribution < -0.4 is 14.3 Å². The lowest BCUT2D eigenvalue weighted by atomic mass is 10.2. The van der Waals surface area contributed by atoms with Crippen molar-refractivity contribution < 1.29 is 18.6 Å². The summed E-state index contributed by atoms with van der Waals surface area (Å²) in [5.41, 5.74) is 2.62. The molecule has 2 aliphatic heterocycles. The molecule has 0 bridgehead atoms. The number of para-hydroxylation sites is 1. The second-order valence-corrected chi connectivity index (χ2v) is 8.82. The number of furan rings is 1. The van der Waals surface area contributed by atoms with Crippen LogP contribution in [0.2, 0.25) is 0 Å².